The monoisotopic (exact) mass is 330 g/mol. The van der Waals surface area contributed by atoms with E-state index in [0.717, 1.165) is 45.6 Å². The first-order valence-corrected chi connectivity index (χ1v) is 8.86. The van der Waals surface area contributed by atoms with E-state index in [1.54, 1.807) is 12.1 Å². The van der Waals surface area contributed by atoms with Crippen LogP contribution < -0.4 is 0 Å². The van der Waals surface area contributed by atoms with Gasteiger partial charge in [-0.2, -0.15) is 0 Å². The number of rotatable bonds is 4. The lowest BCUT2D eigenvalue weighted by molar-refractivity contribution is -0.137. The van der Waals surface area contributed by atoms with Crippen LogP contribution in [0.4, 0.5) is 0 Å². The number of carbonyl (C=O) groups is 2. The van der Waals surface area contributed by atoms with E-state index < -0.39 is 0 Å². The summed E-state index contributed by atoms with van der Waals surface area (Å²) in [6, 6.07) is 7.56. The molecule has 0 bridgehead atoms. The molecule has 5 heteroatoms. The molecule has 0 radical (unpaired) electrons. The zero-order chi connectivity index (χ0) is 16.9. The highest BCUT2D eigenvalue weighted by Gasteiger charge is 2.29. The van der Waals surface area contributed by atoms with E-state index in [1.165, 1.54) is 25.5 Å². The summed E-state index contributed by atoms with van der Waals surface area (Å²) in [5.41, 5.74) is 1.76. The average Bonchev–Trinajstić information content (AvgIpc) is 3.16. The summed E-state index contributed by atoms with van der Waals surface area (Å²) >= 11 is 0. The van der Waals surface area contributed by atoms with Crippen LogP contribution in [0.3, 0.4) is 0 Å². The fourth-order valence-electron chi connectivity index (χ4n) is 3.68. The molecule has 2 aliphatic rings. The van der Waals surface area contributed by atoms with E-state index in [-0.39, 0.29) is 11.9 Å². The van der Waals surface area contributed by atoms with Crippen molar-refractivity contribution in [1.29, 1.82) is 0 Å². The Bertz CT molecular complexity index is 571. The number of esters is 1. The van der Waals surface area contributed by atoms with Crippen molar-refractivity contribution in [3.8, 4) is 0 Å². The summed E-state index contributed by atoms with van der Waals surface area (Å²) in [4.78, 5) is 28.3. The molecule has 1 saturated heterocycles. The average molecular weight is 330 g/mol. The second-order valence-corrected chi connectivity index (χ2v) is 6.77. The predicted octanol–water partition coefficient (Wildman–Crippen LogP) is 2.31. The van der Waals surface area contributed by atoms with E-state index in [0.29, 0.717) is 11.5 Å². The van der Waals surface area contributed by atoms with Gasteiger partial charge in [-0.3, -0.25) is 9.69 Å². The van der Waals surface area contributed by atoms with Gasteiger partial charge in [0.2, 0.25) is 5.91 Å². The van der Waals surface area contributed by atoms with E-state index in [2.05, 4.69) is 4.90 Å². The third kappa shape index (κ3) is 3.96. The second kappa shape index (κ2) is 7.79. The smallest absolute Gasteiger partial charge is 0.337 e. The van der Waals surface area contributed by atoms with Crippen molar-refractivity contribution in [2.45, 2.75) is 32.2 Å². The largest absolute Gasteiger partial charge is 0.465 e. The lowest BCUT2D eigenvalue weighted by Crippen LogP contribution is -2.49. The van der Waals surface area contributed by atoms with Crippen LogP contribution >= 0.6 is 0 Å². The van der Waals surface area contributed by atoms with Crippen LogP contribution in [0.1, 0.15) is 41.6 Å². The lowest BCUT2D eigenvalue weighted by Gasteiger charge is -2.36. The van der Waals surface area contributed by atoms with Crippen LogP contribution in [0.2, 0.25) is 0 Å². The number of methoxy groups -OCH3 is 1. The maximum absolute atomic E-state index is 12.5. The minimum absolute atomic E-state index is 0.280. The number of hydrogen-bond donors (Lipinski definition) is 0. The maximum atomic E-state index is 12.5. The third-order valence-electron chi connectivity index (χ3n) is 5.17. The summed E-state index contributed by atoms with van der Waals surface area (Å²) in [6.07, 6.45) is 4.56. The number of hydrogen-bond acceptors (Lipinski definition) is 4. The molecular formula is C19H26N2O3. The van der Waals surface area contributed by atoms with Crippen molar-refractivity contribution in [2.24, 2.45) is 5.92 Å². The molecule has 1 aromatic carbocycles. The predicted molar refractivity (Wildman–Crippen MR) is 91.6 cm³/mol. The highest BCUT2D eigenvalue weighted by atomic mass is 16.5. The molecule has 24 heavy (non-hydrogen) atoms. The molecule has 0 atom stereocenters. The minimum atomic E-state index is -0.305. The van der Waals surface area contributed by atoms with Gasteiger partial charge in [-0.15, -0.1) is 0 Å². The summed E-state index contributed by atoms with van der Waals surface area (Å²) in [6.45, 7) is 4.34. The Morgan fingerprint density at radius 1 is 1.04 bits per heavy atom. The van der Waals surface area contributed by atoms with E-state index in [1.807, 2.05) is 17.0 Å². The molecule has 0 N–H and O–H groups in total. The summed E-state index contributed by atoms with van der Waals surface area (Å²) < 4.78 is 4.72. The Labute approximate surface area is 143 Å². The molecule has 2 fully saturated rings. The fourth-order valence-corrected chi connectivity index (χ4v) is 3.68. The molecular weight excluding hydrogens is 304 g/mol. The summed E-state index contributed by atoms with van der Waals surface area (Å²) in [7, 11) is 1.39. The van der Waals surface area contributed by atoms with Gasteiger partial charge in [0.05, 0.1) is 12.7 Å². The van der Waals surface area contributed by atoms with Gasteiger partial charge < -0.3 is 9.64 Å². The van der Waals surface area contributed by atoms with Gasteiger partial charge in [0, 0.05) is 38.6 Å². The van der Waals surface area contributed by atoms with Crippen LogP contribution in [-0.4, -0.2) is 55.0 Å². The Morgan fingerprint density at radius 2 is 1.67 bits per heavy atom. The van der Waals surface area contributed by atoms with Gasteiger partial charge in [0.15, 0.2) is 0 Å². The zero-order valence-corrected chi connectivity index (χ0v) is 14.4. The van der Waals surface area contributed by atoms with Crippen molar-refractivity contribution in [2.75, 3.05) is 33.3 Å². The number of piperazine rings is 1. The molecule has 5 nitrogen and oxygen atoms in total. The first-order valence-electron chi connectivity index (χ1n) is 8.86. The van der Waals surface area contributed by atoms with E-state index >= 15 is 0 Å². The van der Waals surface area contributed by atoms with Crippen LogP contribution in [0.5, 0.6) is 0 Å². The van der Waals surface area contributed by atoms with Crippen molar-refractivity contribution < 1.29 is 14.3 Å². The van der Waals surface area contributed by atoms with Crippen LogP contribution in [0, 0.1) is 5.92 Å². The van der Waals surface area contributed by atoms with Crippen LogP contribution in [0.25, 0.3) is 0 Å². The highest BCUT2D eigenvalue weighted by molar-refractivity contribution is 5.89. The second-order valence-electron chi connectivity index (χ2n) is 6.77. The quantitative estimate of drug-likeness (QED) is 0.795. The first kappa shape index (κ1) is 17.0. The van der Waals surface area contributed by atoms with Crippen molar-refractivity contribution in [1.82, 2.24) is 9.80 Å². The standard InChI is InChI=1S/C19H26N2O3/c1-24-19(23)17-8-6-15(7-9-17)14-20-10-12-21(13-11-20)18(22)16-4-2-3-5-16/h6-9,16H,2-5,10-14H2,1H3. The Morgan fingerprint density at radius 3 is 2.25 bits per heavy atom. The first-order chi connectivity index (χ1) is 11.7. The van der Waals surface area contributed by atoms with E-state index in [4.69, 9.17) is 4.74 Å². The molecule has 1 heterocycles. The van der Waals surface area contributed by atoms with Gasteiger partial charge in [-0.05, 0) is 30.5 Å². The van der Waals surface area contributed by atoms with Crippen molar-refractivity contribution in [3.63, 3.8) is 0 Å². The molecule has 1 saturated carbocycles. The molecule has 1 aliphatic carbocycles. The Kier molecular flexibility index (Phi) is 5.51. The number of nitrogens with zero attached hydrogens (tertiary/aromatic N) is 2. The van der Waals surface area contributed by atoms with Crippen LogP contribution in [0.15, 0.2) is 24.3 Å². The third-order valence-corrected chi connectivity index (χ3v) is 5.17. The molecule has 3 rings (SSSR count). The highest BCUT2D eigenvalue weighted by Crippen LogP contribution is 2.27. The molecule has 0 aromatic heterocycles. The van der Waals surface area contributed by atoms with Gasteiger partial charge in [0.1, 0.15) is 0 Å². The van der Waals surface area contributed by atoms with Gasteiger partial charge in [-0.25, -0.2) is 4.79 Å². The minimum Gasteiger partial charge on any atom is -0.465 e. The molecule has 0 spiro atoms. The SMILES string of the molecule is COC(=O)c1ccc(CN2CCN(C(=O)C3CCCC3)CC2)cc1. The Balaban J connectivity index is 1.48. The molecule has 1 aromatic rings. The molecule has 1 amide bonds. The topological polar surface area (TPSA) is 49.9 Å². The number of ether oxygens (including phenoxy) is 1. The van der Waals surface area contributed by atoms with E-state index in [9.17, 15) is 9.59 Å². The van der Waals surface area contributed by atoms with Crippen molar-refractivity contribution in [3.05, 3.63) is 35.4 Å². The molecule has 130 valence electrons. The van der Waals surface area contributed by atoms with Crippen LogP contribution in [-0.2, 0) is 16.1 Å². The maximum Gasteiger partial charge on any atom is 0.337 e. The number of benzene rings is 1. The summed E-state index contributed by atoms with van der Waals surface area (Å²) in [5, 5.41) is 0. The normalized spacial score (nSPS) is 19.5. The van der Waals surface area contributed by atoms with Gasteiger partial charge >= 0.3 is 5.97 Å². The number of carbonyl (C=O) groups excluding carboxylic acids is 2. The van der Waals surface area contributed by atoms with Gasteiger partial charge in [-0.1, -0.05) is 25.0 Å². The molecule has 0 unspecified atom stereocenters. The molecule has 1 aliphatic heterocycles. The van der Waals surface area contributed by atoms with Crippen molar-refractivity contribution >= 4 is 11.9 Å². The lowest BCUT2D eigenvalue weighted by atomic mass is 10.1. The summed E-state index contributed by atoms with van der Waals surface area (Å²) in [5.74, 6) is 0.345. The van der Waals surface area contributed by atoms with Gasteiger partial charge in [0.25, 0.3) is 0 Å². The number of amides is 1. The fraction of sp³-hybridized carbons (Fsp3) is 0.579. The Hall–Kier alpha value is -1.88. The zero-order valence-electron chi connectivity index (χ0n) is 14.4.